The molecule has 1 unspecified atom stereocenters. The van der Waals surface area contributed by atoms with Gasteiger partial charge in [0.05, 0.1) is 6.04 Å². The molecule has 0 aliphatic carbocycles. The zero-order valence-electron chi connectivity index (χ0n) is 16.0. The number of aryl methyl sites for hydroxylation is 2. The van der Waals surface area contributed by atoms with E-state index in [4.69, 9.17) is 0 Å². The monoisotopic (exact) mass is 357 g/mol. The van der Waals surface area contributed by atoms with Crippen LogP contribution >= 0.6 is 0 Å². The van der Waals surface area contributed by atoms with E-state index in [0.29, 0.717) is 5.56 Å². The van der Waals surface area contributed by atoms with Gasteiger partial charge >= 0.3 is 5.97 Å². The highest BCUT2D eigenvalue weighted by atomic mass is 16.4. The predicted molar refractivity (Wildman–Crippen MR) is 100 cm³/mol. The third-order valence-corrected chi connectivity index (χ3v) is 4.92. The summed E-state index contributed by atoms with van der Waals surface area (Å²) in [7, 11) is 0. The highest BCUT2D eigenvalue weighted by Gasteiger charge is 2.26. The molecule has 0 spiro atoms. The molecule has 1 atom stereocenters. The summed E-state index contributed by atoms with van der Waals surface area (Å²) in [6.45, 7) is 9.84. The Morgan fingerprint density at radius 3 is 2.42 bits per heavy atom. The Labute approximate surface area is 154 Å². The first kappa shape index (κ1) is 19.7. The number of rotatable bonds is 7. The number of nitrogens with one attached hydrogen (secondary N) is 1. The van der Waals surface area contributed by atoms with Gasteiger partial charge in [-0.05, 0) is 56.4 Å². The second kappa shape index (κ2) is 8.17. The third kappa shape index (κ3) is 3.95. The molecule has 0 saturated carbocycles. The fourth-order valence-electron chi connectivity index (χ4n) is 3.17. The summed E-state index contributed by atoms with van der Waals surface area (Å²) in [5.74, 6) is -1.57. The number of benzene rings is 1. The summed E-state index contributed by atoms with van der Waals surface area (Å²) < 4.78 is 1.85. The molecule has 2 rings (SSSR count). The van der Waals surface area contributed by atoms with Crippen LogP contribution in [0.4, 0.5) is 0 Å². The number of aromatic nitrogens is 2. The number of amides is 1. The maximum atomic E-state index is 12.6. The molecule has 0 aliphatic rings. The van der Waals surface area contributed by atoms with Crippen molar-refractivity contribution in [2.75, 3.05) is 0 Å². The average molecular weight is 357 g/mol. The molecule has 1 amide bonds. The molecule has 2 N–H and O–H groups in total. The fourth-order valence-corrected chi connectivity index (χ4v) is 3.17. The van der Waals surface area contributed by atoms with Gasteiger partial charge in [0.2, 0.25) is 0 Å². The van der Waals surface area contributed by atoms with Crippen molar-refractivity contribution in [2.24, 2.45) is 0 Å². The van der Waals surface area contributed by atoms with Gasteiger partial charge in [-0.1, -0.05) is 32.0 Å². The molecule has 2 aromatic rings. The predicted octanol–water partition coefficient (Wildman–Crippen LogP) is 3.73. The minimum absolute atomic E-state index is 0.228. The van der Waals surface area contributed by atoms with Gasteiger partial charge in [-0.3, -0.25) is 9.48 Å². The van der Waals surface area contributed by atoms with Crippen molar-refractivity contribution >= 4 is 11.9 Å². The van der Waals surface area contributed by atoms with Crippen LogP contribution in [0, 0.1) is 20.8 Å². The Morgan fingerprint density at radius 2 is 1.85 bits per heavy atom. The number of aliphatic carboxylic acids is 1. The summed E-state index contributed by atoms with van der Waals surface area (Å²) in [6, 6.07) is 6.27. The number of carboxylic acids is 1. The molecule has 140 valence electrons. The smallest absolute Gasteiger partial charge is 0.330 e. The van der Waals surface area contributed by atoms with Gasteiger partial charge < -0.3 is 10.4 Å². The highest BCUT2D eigenvalue weighted by molar-refractivity contribution is 5.95. The van der Waals surface area contributed by atoms with Gasteiger partial charge in [0.1, 0.15) is 5.69 Å². The molecular weight excluding hydrogens is 330 g/mol. The number of carboxylic acid groups (broad SMARTS) is 1. The summed E-state index contributed by atoms with van der Waals surface area (Å²) in [5.41, 5.74) is 3.56. The molecule has 0 aliphatic heterocycles. The zero-order valence-corrected chi connectivity index (χ0v) is 16.0. The molecule has 26 heavy (non-hydrogen) atoms. The Bertz CT molecular complexity index is 807. The maximum Gasteiger partial charge on any atom is 0.330 e. The second-order valence-corrected chi connectivity index (χ2v) is 6.62. The van der Waals surface area contributed by atoms with Crippen molar-refractivity contribution in [1.29, 1.82) is 0 Å². The molecule has 0 radical (unpaired) electrons. The lowest BCUT2D eigenvalue weighted by Crippen LogP contribution is -2.34. The van der Waals surface area contributed by atoms with Crippen molar-refractivity contribution in [3.8, 4) is 0 Å². The van der Waals surface area contributed by atoms with Gasteiger partial charge in [0, 0.05) is 5.69 Å². The van der Waals surface area contributed by atoms with Crippen LogP contribution in [0.3, 0.4) is 0 Å². The fraction of sp³-hybridized carbons (Fsp3) is 0.450. The minimum Gasteiger partial charge on any atom is -0.479 e. The highest BCUT2D eigenvalue weighted by Crippen LogP contribution is 2.22. The molecule has 0 saturated heterocycles. The number of carbonyl (C=O) groups excluding carboxylic acids is 1. The average Bonchev–Trinajstić information content (AvgIpc) is 2.98. The van der Waals surface area contributed by atoms with Crippen LogP contribution in [-0.2, 0) is 4.79 Å². The molecule has 6 nitrogen and oxygen atoms in total. The van der Waals surface area contributed by atoms with E-state index in [1.807, 2.05) is 31.5 Å². The van der Waals surface area contributed by atoms with Crippen LogP contribution in [0.15, 0.2) is 24.3 Å². The van der Waals surface area contributed by atoms with Gasteiger partial charge in [-0.2, -0.15) is 5.10 Å². The maximum absolute atomic E-state index is 12.6. The van der Waals surface area contributed by atoms with E-state index >= 15 is 0 Å². The zero-order chi connectivity index (χ0) is 19.4. The van der Waals surface area contributed by atoms with Gasteiger partial charge in [-0.25, -0.2) is 4.79 Å². The largest absolute Gasteiger partial charge is 0.479 e. The van der Waals surface area contributed by atoms with Crippen LogP contribution < -0.4 is 5.32 Å². The van der Waals surface area contributed by atoms with Crippen LogP contribution in [0.5, 0.6) is 0 Å². The lowest BCUT2D eigenvalue weighted by atomic mass is 9.97. The molecule has 1 aromatic carbocycles. The Balaban J connectivity index is 2.30. The van der Waals surface area contributed by atoms with E-state index in [2.05, 4.69) is 24.3 Å². The van der Waals surface area contributed by atoms with E-state index in [-0.39, 0.29) is 11.7 Å². The van der Waals surface area contributed by atoms with Crippen LogP contribution in [-0.4, -0.2) is 26.8 Å². The number of hydrogen-bond acceptors (Lipinski definition) is 3. The molecule has 0 bridgehead atoms. The summed E-state index contributed by atoms with van der Waals surface area (Å²) in [5, 5.41) is 16.6. The number of hydrogen-bond donors (Lipinski definition) is 2. The normalized spacial score (nSPS) is 12.2. The van der Waals surface area contributed by atoms with Crippen LogP contribution in [0.25, 0.3) is 0 Å². The number of carbonyl (C=O) groups is 2. The molecule has 0 fully saturated rings. The molecule has 1 aromatic heterocycles. The topological polar surface area (TPSA) is 84.2 Å². The lowest BCUT2D eigenvalue weighted by molar-refractivity contribution is -0.139. The van der Waals surface area contributed by atoms with Gasteiger partial charge in [0.25, 0.3) is 5.91 Å². The Kier molecular flexibility index (Phi) is 6.18. The van der Waals surface area contributed by atoms with Crippen LogP contribution in [0.2, 0.25) is 0 Å². The van der Waals surface area contributed by atoms with Crippen molar-refractivity contribution in [2.45, 2.75) is 59.5 Å². The summed E-state index contributed by atoms with van der Waals surface area (Å²) >= 11 is 0. The van der Waals surface area contributed by atoms with Crippen molar-refractivity contribution < 1.29 is 14.7 Å². The van der Waals surface area contributed by atoms with E-state index in [1.54, 1.807) is 18.2 Å². The van der Waals surface area contributed by atoms with Crippen molar-refractivity contribution in [1.82, 2.24) is 15.1 Å². The summed E-state index contributed by atoms with van der Waals surface area (Å²) in [6.07, 6.45) is 1.83. The van der Waals surface area contributed by atoms with Crippen molar-refractivity contribution in [3.05, 3.63) is 52.3 Å². The van der Waals surface area contributed by atoms with Crippen molar-refractivity contribution in [3.63, 3.8) is 0 Å². The Morgan fingerprint density at radius 1 is 1.19 bits per heavy atom. The molecule has 6 heteroatoms. The van der Waals surface area contributed by atoms with E-state index in [1.165, 1.54) is 0 Å². The minimum atomic E-state index is -1.11. The first-order valence-electron chi connectivity index (χ1n) is 8.96. The van der Waals surface area contributed by atoms with E-state index < -0.39 is 17.9 Å². The standard InChI is InChI=1S/C20H27N3O3/c1-6-15(7-2)23-13(4)11-17(22-23)19(24)21-18(20(25)26)16-10-8-9-12(3)14(16)5/h8-11,15,18H,6-7H2,1-5H3,(H,21,24)(H,25,26). The first-order valence-corrected chi connectivity index (χ1v) is 8.96. The first-order chi connectivity index (χ1) is 12.3. The number of nitrogens with zero attached hydrogens (tertiary/aromatic N) is 2. The van der Waals surface area contributed by atoms with Gasteiger partial charge in [0.15, 0.2) is 6.04 Å². The second-order valence-electron chi connectivity index (χ2n) is 6.62. The lowest BCUT2D eigenvalue weighted by Gasteiger charge is -2.18. The van der Waals surface area contributed by atoms with E-state index in [9.17, 15) is 14.7 Å². The third-order valence-electron chi connectivity index (χ3n) is 4.92. The summed E-state index contributed by atoms with van der Waals surface area (Å²) in [4.78, 5) is 24.4. The van der Waals surface area contributed by atoms with E-state index in [0.717, 1.165) is 29.7 Å². The quantitative estimate of drug-likeness (QED) is 0.791. The van der Waals surface area contributed by atoms with Crippen LogP contribution in [0.1, 0.15) is 71.6 Å². The Hall–Kier alpha value is -2.63. The van der Waals surface area contributed by atoms with Gasteiger partial charge in [-0.15, -0.1) is 0 Å². The SMILES string of the molecule is CCC(CC)n1nc(C(=O)NC(C(=O)O)c2cccc(C)c2C)cc1C. The molecule has 1 heterocycles. The molecular formula is C20H27N3O3.